The van der Waals surface area contributed by atoms with E-state index < -0.39 is 0 Å². The van der Waals surface area contributed by atoms with Crippen LogP contribution in [0.2, 0.25) is 0 Å². The second-order valence-electron chi connectivity index (χ2n) is 3.06. The molecule has 3 aliphatic rings. The third-order valence-corrected chi connectivity index (χ3v) is 2.30. The Hall–Kier alpha value is -0.900. The van der Waals surface area contributed by atoms with Gasteiger partial charge in [0.1, 0.15) is 6.29 Å². The van der Waals surface area contributed by atoms with E-state index in [1.54, 1.807) is 4.90 Å². The van der Waals surface area contributed by atoms with Crippen LogP contribution in [0.15, 0.2) is 0 Å². The van der Waals surface area contributed by atoms with Crippen molar-refractivity contribution in [1.29, 1.82) is 0 Å². The number of amides is 1. The summed E-state index contributed by atoms with van der Waals surface area (Å²) in [4.78, 5) is 23.0. The number of nitrogens with zero attached hydrogens (tertiary/aromatic N) is 1. The molecule has 60 valence electrons. The Labute approximate surface area is 64.5 Å². The van der Waals surface area contributed by atoms with Gasteiger partial charge in [-0.3, -0.25) is 4.79 Å². The van der Waals surface area contributed by atoms with Crippen LogP contribution in [0, 0.1) is 0 Å². The van der Waals surface area contributed by atoms with Crippen molar-refractivity contribution < 1.29 is 9.59 Å². The van der Waals surface area contributed by atoms with E-state index in [0.717, 1.165) is 12.7 Å². The Morgan fingerprint density at radius 1 is 1.73 bits per heavy atom. The third kappa shape index (κ3) is 0.939. The van der Waals surface area contributed by atoms with Gasteiger partial charge in [-0.15, -0.1) is 0 Å². The minimum atomic E-state index is 0.00806. The SMILES string of the molecule is O=CCN1CC2CC(N2)C1=O. The summed E-state index contributed by atoms with van der Waals surface area (Å²) in [6, 6.07) is 0.450. The van der Waals surface area contributed by atoms with Gasteiger partial charge in [0, 0.05) is 12.6 Å². The molecular weight excluding hydrogens is 144 g/mol. The number of hydrogen-bond donors (Lipinski definition) is 1. The molecule has 4 nitrogen and oxygen atoms in total. The zero-order chi connectivity index (χ0) is 7.84. The van der Waals surface area contributed by atoms with Crippen molar-refractivity contribution in [2.45, 2.75) is 18.5 Å². The largest absolute Gasteiger partial charge is 0.333 e. The fourth-order valence-electron chi connectivity index (χ4n) is 1.67. The zero-order valence-corrected chi connectivity index (χ0v) is 6.12. The van der Waals surface area contributed by atoms with Gasteiger partial charge in [-0.2, -0.15) is 0 Å². The van der Waals surface area contributed by atoms with Gasteiger partial charge < -0.3 is 15.0 Å². The maximum atomic E-state index is 11.3. The monoisotopic (exact) mass is 154 g/mol. The number of carbonyl (C=O) groups excluding carboxylic acids is 2. The minimum Gasteiger partial charge on any atom is -0.333 e. The number of aldehydes is 1. The predicted octanol–water partition coefficient (Wildman–Crippen LogP) is -1.24. The van der Waals surface area contributed by atoms with E-state index in [2.05, 4.69) is 5.32 Å². The van der Waals surface area contributed by atoms with Gasteiger partial charge >= 0.3 is 0 Å². The van der Waals surface area contributed by atoms with Crippen LogP contribution < -0.4 is 5.32 Å². The molecule has 3 aliphatic heterocycles. The molecule has 0 aliphatic carbocycles. The predicted molar refractivity (Wildman–Crippen MR) is 38.0 cm³/mol. The zero-order valence-electron chi connectivity index (χ0n) is 6.12. The molecule has 3 fully saturated rings. The topological polar surface area (TPSA) is 49.4 Å². The number of hydrogen-bond acceptors (Lipinski definition) is 3. The molecule has 2 bridgehead atoms. The Kier molecular flexibility index (Phi) is 1.42. The maximum absolute atomic E-state index is 11.3. The molecule has 1 N–H and O–H groups in total. The number of piperidine rings is 1. The Morgan fingerprint density at radius 3 is 3.00 bits per heavy atom. The van der Waals surface area contributed by atoms with Crippen molar-refractivity contribution in [2.24, 2.45) is 0 Å². The molecule has 0 spiro atoms. The van der Waals surface area contributed by atoms with Crippen LogP contribution >= 0.6 is 0 Å². The lowest BCUT2D eigenvalue weighted by molar-refractivity contribution is -0.144. The first-order chi connectivity index (χ1) is 5.31. The van der Waals surface area contributed by atoms with E-state index in [9.17, 15) is 9.59 Å². The molecule has 0 aromatic rings. The molecule has 11 heavy (non-hydrogen) atoms. The van der Waals surface area contributed by atoms with E-state index >= 15 is 0 Å². The van der Waals surface area contributed by atoms with Crippen LogP contribution in [-0.4, -0.2) is 42.3 Å². The summed E-state index contributed by atoms with van der Waals surface area (Å²) in [5, 5.41) is 3.11. The van der Waals surface area contributed by atoms with E-state index in [0.29, 0.717) is 12.6 Å². The summed E-state index contributed by atoms with van der Waals surface area (Å²) >= 11 is 0. The average molecular weight is 154 g/mol. The molecule has 0 radical (unpaired) electrons. The highest BCUT2D eigenvalue weighted by Crippen LogP contribution is 2.21. The molecule has 2 atom stereocenters. The molecule has 2 unspecified atom stereocenters. The summed E-state index contributed by atoms with van der Waals surface area (Å²) in [5.41, 5.74) is 0. The second-order valence-corrected chi connectivity index (χ2v) is 3.06. The first-order valence-corrected chi connectivity index (χ1v) is 3.79. The van der Waals surface area contributed by atoms with E-state index in [4.69, 9.17) is 0 Å². The number of piperazine rings is 1. The lowest BCUT2D eigenvalue weighted by Gasteiger charge is -2.46. The standard InChI is InChI=1S/C7H10N2O2/c10-2-1-9-4-5-3-6(8-5)7(9)11/h2,5-6,8H,1,3-4H2. The maximum Gasteiger partial charge on any atom is 0.240 e. The van der Waals surface area contributed by atoms with Crippen molar-refractivity contribution in [3.8, 4) is 0 Å². The molecule has 0 saturated carbocycles. The van der Waals surface area contributed by atoms with Crippen molar-refractivity contribution in [2.75, 3.05) is 13.1 Å². The Balaban J connectivity index is 2.01. The van der Waals surface area contributed by atoms with Crippen LogP contribution in [0.1, 0.15) is 6.42 Å². The second kappa shape index (κ2) is 2.30. The van der Waals surface area contributed by atoms with Gasteiger partial charge in [0.15, 0.2) is 0 Å². The molecule has 3 saturated heterocycles. The Morgan fingerprint density at radius 2 is 2.45 bits per heavy atom. The van der Waals surface area contributed by atoms with Crippen LogP contribution in [0.5, 0.6) is 0 Å². The average Bonchev–Trinajstić information content (AvgIpc) is 1.90. The van der Waals surface area contributed by atoms with Gasteiger partial charge in [0.25, 0.3) is 0 Å². The quantitative estimate of drug-likeness (QED) is 0.506. The first kappa shape index (κ1) is 6.79. The smallest absolute Gasteiger partial charge is 0.240 e. The highest BCUT2D eigenvalue weighted by Gasteiger charge is 2.42. The molecule has 3 rings (SSSR count). The Bertz CT molecular complexity index is 199. The van der Waals surface area contributed by atoms with Gasteiger partial charge in [-0.25, -0.2) is 0 Å². The summed E-state index contributed by atoms with van der Waals surface area (Å²) in [7, 11) is 0. The highest BCUT2D eigenvalue weighted by atomic mass is 16.2. The number of nitrogens with one attached hydrogen (secondary N) is 1. The number of carbonyl (C=O) groups is 2. The van der Waals surface area contributed by atoms with Crippen molar-refractivity contribution in [1.82, 2.24) is 10.2 Å². The third-order valence-electron chi connectivity index (χ3n) is 2.30. The van der Waals surface area contributed by atoms with Gasteiger partial charge in [-0.05, 0) is 6.42 Å². The van der Waals surface area contributed by atoms with E-state index in [1.165, 1.54) is 0 Å². The summed E-state index contributed by atoms with van der Waals surface area (Å²) in [6.45, 7) is 0.960. The van der Waals surface area contributed by atoms with E-state index in [1.807, 2.05) is 0 Å². The molecule has 0 aromatic heterocycles. The number of fused-ring (bicyclic) bond motifs is 2. The van der Waals surface area contributed by atoms with Crippen LogP contribution in [-0.2, 0) is 9.59 Å². The molecular formula is C7H10N2O2. The summed E-state index contributed by atoms with van der Waals surface area (Å²) in [6.07, 6.45) is 1.73. The van der Waals surface area contributed by atoms with E-state index in [-0.39, 0.29) is 18.5 Å². The molecule has 0 aromatic carbocycles. The fourth-order valence-corrected chi connectivity index (χ4v) is 1.67. The van der Waals surface area contributed by atoms with Crippen molar-refractivity contribution in [3.63, 3.8) is 0 Å². The fraction of sp³-hybridized carbons (Fsp3) is 0.714. The minimum absolute atomic E-state index is 0.00806. The molecule has 4 heteroatoms. The highest BCUT2D eigenvalue weighted by molar-refractivity contribution is 5.86. The number of rotatable bonds is 2. The van der Waals surface area contributed by atoms with Crippen molar-refractivity contribution in [3.05, 3.63) is 0 Å². The summed E-state index contributed by atoms with van der Waals surface area (Å²) < 4.78 is 0. The first-order valence-electron chi connectivity index (χ1n) is 3.79. The molecule has 1 amide bonds. The van der Waals surface area contributed by atoms with Gasteiger partial charge in [0.2, 0.25) is 5.91 Å². The normalized spacial score (nSPS) is 34.9. The van der Waals surface area contributed by atoms with Crippen LogP contribution in [0.3, 0.4) is 0 Å². The van der Waals surface area contributed by atoms with Crippen molar-refractivity contribution >= 4 is 12.2 Å². The van der Waals surface area contributed by atoms with Crippen LogP contribution in [0.25, 0.3) is 0 Å². The van der Waals surface area contributed by atoms with Crippen LogP contribution in [0.4, 0.5) is 0 Å². The summed E-state index contributed by atoms with van der Waals surface area (Å²) in [5.74, 6) is 0.0830. The van der Waals surface area contributed by atoms with Gasteiger partial charge in [0.05, 0.1) is 12.6 Å². The van der Waals surface area contributed by atoms with Gasteiger partial charge in [-0.1, -0.05) is 0 Å². The lowest BCUT2D eigenvalue weighted by Crippen LogP contribution is -2.69. The lowest BCUT2D eigenvalue weighted by atomic mass is 9.91. The molecule has 3 heterocycles.